The lowest BCUT2D eigenvalue weighted by atomic mass is 9.83. The molecule has 0 atom stereocenters. The fraction of sp³-hybridized carbons (Fsp3) is 0.929. The molecule has 0 unspecified atom stereocenters. The van der Waals surface area contributed by atoms with Crippen molar-refractivity contribution in [2.24, 2.45) is 10.8 Å². The van der Waals surface area contributed by atoms with Gasteiger partial charge in [0, 0.05) is 18.5 Å². The Labute approximate surface area is 110 Å². The van der Waals surface area contributed by atoms with Crippen LogP contribution >= 0.6 is 0 Å². The molecule has 0 radical (unpaired) electrons. The zero-order valence-electron chi connectivity index (χ0n) is 11.4. The molecular formula is C14H26N2O2. The zero-order chi connectivity index (χ0) is 13.1. The van der Waals surface area contributed by atoms with Crippen molar-refractivity contribution in [2.45, 2.75) is 51.9 Å². The SMILES string of the molecule is CCC1(CNC(=O)NCC2(CO)CC2)CCCC1. The number of urea groups is 1. The van der Waals surface area contributed by atoms with Gasteiger partial charge in [-0.3, -0.25) is 0 Å². The minimum absolute atomic E-state index is 0.00680. The fourth-order valence-corrected chi connectivity index (χ4v) is 2.95. The molecule has 18 heavy (non-hydrogen) atoms. The quantitative estimate of drug-likeness (QED) is 0.679. The second kappa shape index (κ2) is 5.47. The van der Waals surface area contributed by atoms with Crippen LogP contribution in [0.2, 0.25) is 0 Å². The Balaban J connectivity index is 1.68. The number of hydrogen-bond donors (Lipinski definition) is 3. The molecule has 2 amide bonds. The molecule has 2 aliphatic carbocycles. The minimum Gasteiger partial charge on any atom is -0.396 e. The van der Waals surface area contributed by atoms with Crippen LogP contribution in [0.25, 0.3) is 0 Å². The lowest BCUT2D eigenvalue weighted by molar-refractivity contribution is 0.199. The van der Waals surface area contributed by atoms with Crippen molar-refractivity contribution in [3.8, 4) is 0 Å². The van der Waals surface area contributed by atoms with Crippen LogP contribution in [-0.4, -0.2) is 30.8 Å². The Morgan fingerprint density at radius 3 is 2.06 bits per heavy atom. The van der Waals surface area contributed by atoms with Crippen LogP contribution < -0.4 is 10.6 Å². The maximum absolute atomic E-state index is 11.7. The van der Waals surface area contributed by atoms with Gasteiger partial charge in [-0.25, -0.2) is 4.79 Å². The maximum atomic E-state index is 11.7. The number of aliphatic hydroxyl groups is 1. The van der Waals surface area contributed by atoms with Crippen LogP contribution in [0.3, 0.4) is 0 Å². The summed E-state index contributed by atoms with van der Waals surface area (Å²) >= 11 is 0. The number of rotatable bonds is 6. The van der Waals surface area contributed by atoms with Gasteiger partial charge in [-0.1, -0.05) is 19.8 Å². The Bertz CT molecular complexity index is 294. The topological polar surface area (TPSA) is 61.4 Å². The lowest BCUT2D eigenvalue weighted by Gasteiger charge is -2.27. The molecule has 0 spiro atoms. The van der Waals surface area contributed by atoms with Crippen molar-refractivity contribution >= 4 is 6.03 Å². The van der Waals surface area contributed by atoms with E-state index in [1.54, 1.807) is 0 Å². The molecule has 0 aromatic rings. The highest BCUT2D eigenvalue weighted by atomic mass is 16.3. The Morgan fingerprint density at radius 2 is 1.61 bits per heavy atom. The number of carbonyl (C=O) groups excluding carboxylic acids is 1. The molecule has 0 saturated heterocycles. The average Bonchev–Trinajstić information content (AvgIpc) is 3.04. The maximum Gasteiger partial charge on any atom is 0.314 e. The highest BCUT2D eigenvalue weighted by Crippen LogP contribution is 2.44. The summed E-state index contributed by atoms with van der Waals surface area (Å²) in [6.07, 6.45) is 8.28. The minimum atomic E-state index is -0.0746. The van der Waals surface area contributed by atoms with Gasteiger partial charge in [0.25, 0.3) is 0 Å². The van der Waals surface area contributed by atoms with E-state index in [0.717, 1.165) is 25.8 Å². The summed E-state index contributed by atoms with van der Waals surface area (Å²) in [5.41, 5.74) is 0.332. The molecule has 0 bridgehead atoms. The number of nitrogens with one attached hydrogen (secondary N) is 2. The Hall–Kier alpha value is -0.770. The summed E-state index contributed by atoms with van der Waals surface area (Å²) in [4.78, 5) is 11.7. The first kappa shape index (κ1) is 13.7. The zero-order valence-corrected chi connectivity index (χ0v) is 11.4. The number of aliphatic hydroxyl groups excluding tert-OH is 1. The van der Waals surface area contributed by atoms with E-state index in [4.69, 9.17) is 0 Å². The van der Waals surface area contributed by atoms with Crippen LogP contribution in [0.15, 0.2) is 0 Å². The molecule has 0 heterocycles. The van der Waals surface area contributed by atoms with E-state index in [0.29, 0.717) is 12.0 Å². The van der Waals surface area contributed by atoms with Crippen LogP contribution in [0.4, 0.5) is 4.79 Å². The van der Waals surface area contributed by atoms with E-state index in [2.05, 4.69) is 17.6 Å². The van der Waals surface area contributed by atoms with E-state index in [1.807, 2.05) is 0 Å². The van der Waals surface area contributed by atoms with Gasteiger partial charge >= 0.3 is 6.03 Å². The average molecular weight is 254 g/mol. The predicted octanol–water partition coefficient (Wildman–Crippen LogP) is 2.03. The number of amides is 2. The highest BCUT2D eigenvalue weighted by Gasteiger charge is 2.42. The van der Waals surface area contributed by atoms with Crippen LogP contribution in [0.1, 0.15) is 51.9 Å². The summed E-state index contributed by atoms with van der Waals surface area (Å²) in [6, 6.07) is -0.0746. The second-order valence-electron chi connectivity index (χ2n) is 6.26. The summed E-state index contributed by atoms with van der Waals surface area (Å²) in [5.74, 6) is 0. The first-order chi connectivity index (χ1) is 8.64. The summed E-state index contributed by atoms with van der Waals surface area (Å²) in [6.45, 7) is 3.80. The van der Waals surface area contributed by atoms with Crippen molar-refractivity contribution in [2.75, 3.05) is 19.7 Å². The third-order valence-electron chi connectivity index (χ3n) is 4.95. The molecule has 3 N–H and O–H groups in total. The third-order valence-corrected chi connectivity index (χ3v) is 4.95. The summed E-state index contributed by atoms with van der Waals surface area (Å²) in [7, 11) is 0. The lowest BCUT2D eigenvalue weighted by Crippen LogP contribution is -2.43. The Morgan fingerprint density at radius 1 is 1.06 bits per heavy atom. The molecule has 2 fully saturated rings. The van der Waals surface area contributed by atoms with E-state index in [1.165, 1.54) is 25.7 Å². The van der Waals surface area contributed by atoms with Crippen LogP contribution in [-0.2, 0) is 0 Å². The predicted molar refractivity (Wildman–Crippen MR) is 71.3 cm³/mol. The van der Waals surface area contributed by atoms with Crippen molar-refractivity contribution in [3.05, 3.63) is 0 Å². The fourth-order valence-electron chi connectivity index (χ4n) is 2.95. The molecule has 2 saturated carbocycles. The van der Waals surface area contributed by atoms with E-state index >= 15 is 0 Å². The molecule has 0 aliphatic heterocycles. The van der Waals surface area contributed by atoms with Gasteiger partial charge in [0.1, 0.15) is 0 Å². The van der Waals surface area contributed by atoms with Crippen molar-refractivity contribution in [3.63, 3.8) is 0 Å². The van der Waals surface area contributed by atoms with Crippen LogP contribution in [0, 0.1) is 10.8 Å². The highest BCUT2D eigenvalue weighted by molar-refractivity contribution is 5.73. The number of hydrogen-bond acceptors (Lipinski definition) is 2. The normalized spacial score (nSPS) is 23.7. The van der Waals surface area contributed by atoms with Gasteiger partial charge in [-0.05, 0) is 37.5 Å². The van der Waals surface area contributed by atoms with Gasteiger partial charge in [-0.15, -0.1) is 0 Å². The van der Waals surface area contributed by atoms with Gasteiger partial charge < -0.3 is 15.7 Å². The van der Waals surface area contributed by atoms with Crippen molar-refractivity contribution in [1.29, 1.82) is 0 Å². The molecule has 0 aromatic carbocycles. The summed E-state index contributed by atoms with van der Waals surface area (Å²) < 4.78 is 0. The Kier molecular flexibility index (Phi) is 4.15. The van der Waals surface area contributed by atoms with Crippen molar-refractivity contribution in [1.82, 2.24) is 10.6 Å². The first-order valence-corrected chi connectivity index (χ1v) is 7.26. The van der Waals surface area contributed by atoms with Gasteiger partial charge in [0.05, 0.1) is 6.61 Å². The number of carbonyl (C=O) groups is 1. The standard InChI is InChI=1S/C14H26N2O2/c1-2-13(5-3-4-6-13)9-15-12(18)16-10-14(11-17)7-8-14/h17H,2-11H2,1H3,(H2,15,16,18). The van der Waals surface area contributed by atoms with E-state index in [9.17, 15) is 9.90 Å². The van der Waals surface area contributed by atoms with E-state index in [-0.39, 0.29) is 18.1 Å². The monoisotopic (exact) mass is 254 g/mol. The van der Waals surface area contributed by atoms with E-state index < -0.39 is 0 Å². The second-order valence-corrected chi connectivity index (χ2v) is 6.26. The molecule has 4 nitrogen and oxygen atoms in total. The molecule has 2 rings (SSSR count). The first-order valence-electron chi connectivity index (χ1n) is 7.26. The largest absolute Gasteiger partial charge is 0.396 e. The molecule has 104 valence electrons. The molecule has 0 aromatic heterocycles. The molecular weight excluding hydrogens is 228 g/mol. The summed E-state index contributed by atoms with van der Waals surface area (Å²) in [5, 5.41) is 15.1. The molecule has 2 aliphatic rings. The van der Waals surface area contributed by atoms with Gasteiger partial charge in [0.15, 0.2) is 0 Å². The molecule has 4 heteroatoms. The van der Waals surface area contributed by atoms with Gasteiger partial charge in [-0.2, -0.15) is 0 Å². The smallest absolute Gasteiger partial charge is 0.314 e. The van der Waals surface area contributed by atoms with Crippen LogP contribution in [0.5, 0.6) is 0 Å². The van der Waals surface area contributed by atoms with Gasteiger partial charge in [0.2, 0.25) is 0 Å². The van der Waals surface area contributed by atoms with Crippen molar-refractivity contribution < 1.29 is 9.90 Å². The third kappa shape index (κ3) is 3.16.